The summed E-state index contributed by atoms with van der Waals surface area (Å²) in [5.74, 6) is 1.08. The van der Waals surface area contributed by atoms with E-state index in [2.05, 4.69) is 42.6 Å². The van der Waals surface area contributed by atoms with Crippen molar-refractivity contribution in [3.05, 3.63) is 29.8 Å². The molecule has 3 heteroatoms. The van der Waals surface area contributed by atoms with Crippen molar-refractivity contribution in [1.82, 2.24) is 5.32 Å². The van der Waals surface area contributed by atoms with Crippen LogP contribution in [0.25, 0.3) is 0 Å². The SMILES string of the molecule is CCNCc1ccc(SCCCC(C)(C)C#N)cc1. The van der Waals surface area contributed by atoms with Gasteiger partial charge in [-0.2, -0.15) is 5.26 Å². The number of thioether (sulfide) groups is 1. The molecule has 0 aliphatic rings. The van der Waals surface area contributed by atoms with Gasteiger partial charge < -0.3 is 5.32 Å². The van der Waals surface area contributed by atoms with Crippen molar-refractivity contribution in [3.8, 4) is 6.07 Å². The molecule has 1 N–H and O–H groups in total. The predicted octanol–water partition coefficient (Wildman–Crippen LogP) is 4.22. The summed E-state index contributed by atoms with van der Waals surface area (Å²) in [6.07, 6.45) is 2.05. The van der Waals surface area contributed by atoms with Gasteiger partial charge in [-0.1, -0.05) is 19.1 Å². The monoisotopic (exact) mass is 276 g/mol. The van der Waals surface area contributed by atoms with Gasteiger partial charge >= 0.3 is 0 Å². The summed E-state index contributed by atoms with van der Waals surface area (Å²) in [6, 6.07) is 11.1. The lowest BCUT2D eigenvalue weighted by Crippen LogP contribution is -2.11. The van der Waals surface area contributed by atoms with Gasteiger partial charge in [-0.3, -0.25) is 0 Å². The lowest BCUT2D eigenvalue weighted by molar-refractivity contribution is 0.448. The van der Waals surface area contributed by atoms with E-state index in [-0.39, 0.29) is 5.41 Å². The minimum absolute atomic E-state index is 0.184. The van der Waals surface area contributed by atoms with Crippen molar-refractivity contribution in [3.63, 3.8) is 0 Å². The van der Waals surface area contributed by atoms with Crippen LogP contribution in [-0.4, -0.2) is 12.3 Å². The van der Waals surface area contributed by atoms with Gasteiger partial charge in [0.1, 0.15) is 0 Å². The minimum atomic E-state index is -0.184. The Labute approximate surface area is 121 Å². The lowest BCUT2D eigenvalue weighted by atomic mass is 9.90. The third-order valence-corrected chi connectivity index (χ3v) is 4.12. The van der Waals surface area contributed by atoms with E-state index in [9.17, 15) is 0 Å². The van der Waals surface area contributed by atoms with Gasteiger partial charge in [0.25, 0.3) is 0 Å². The largest absolute Gasteiger partial charge is 0.313 e. The normalized spacial score (nSPS) is 11.3. The molecular formula is C16H24N2S. The Bertz CT molecular complexity index is 404. The molecule has 2 nitrogen and oxygen atoms in total. The van der Waals surface area contributed by atoms with Gasteiger partial charge in [0.05, 0.1) is 11.5 Å². The molecule has 0 amide bonds. The van der Waals surface area contributed by atoms with E-state index in [1.54, 1.807) is 0 Å². The summed E-state index contributed by atoms with van der Waals surface area (Å²) >= 11 is 1.87. The smallest absolute Gasteiger partial charge is 0.0683 e. The first-order valence-corrected chi connectivity index (χ1v) is 7.89. The van der Waals surface area contributed by atoms with E-state index in [1.165, 1.54) is 10.5 Å². The maximum Gasteiger partial charge on any atom is 0.0683 e. The highest BCUT2D eigenvalue weighted by molar-refractivity contribution is 7.99. The average Bonchev–Trinajstić information content (AvgIpc) is 2.42. The Morgan fingerprint density at radius 3 is 2.53 bits per heavy atom. The molecule has 1 aromatic rings. The summed E-state index contributed by atoms with van der Waals surface area (Å²) in [4.78, 5) is 1.31. The molecule has 1 rings (SSSR count). The Balaban J connectivity index is 2.29. The van der Waals surface area contributed by atoms with Crippen molar-refractivity contribution < 1.29 is 0 Å². The van der Waals surface area contributed by atoms with Crippen LogP contribution >= 0.6 is 11.8 Å². The standard InChI is InChI=1S/C16H24N2S/c1-4-18-12-14-6-8-15(9-7-14)19-11-5-10-16(2,3)13-17/h6-9,18H,4-5,10-12H2,1-3H3. The van der Waals surface area contributed by atoms with Crippen molar-refractivity contribution in [2.75, 3.05) is 12.3 Å². The zero-order valence-electron chi connectivity index (χ0n) is 12.2. The number of benzene rings is 1. The number of nitrogens with one attached hydrogen (secondary N) is 1. The first kappa shape index (κ1) is 16.1. The van der Waals surface area contributed by atoms with Crippen LogP contribution in [-0.2, 0) is 6.54 Å². The molecule has 0 saturated carbocycles. The van der Waals surface area contributed by atoms with Crippen LogP contribution in [0.5, 0.6) is 0 Å². The summed E-state index contributed by atoms with van der Waals surface area (Å²) in [6.45, 7) is 8.08. The molecule has 0 fully saturated rings. The third kappa shape index (κ3) is 6.66. The molecule has 0 aliphatic heterocycles. The van der Waals surface area contributed by atoms with Crippen LogP contribution in [0.2, 0.25) is 0 Å². The number of hydrogen-bond donors (Lipinski definition) is 1. The van der Waals surface area contributed by atoms with E-state index >= 15 is 0 Å². The first-order chi connectivity index (χ1) is 9.07. The predicted molar refractivity (Wildman–Crippen MR) is 83.2 cm³/mol. The Morgan fingerprint density at radius 1 is 1.26 bits per heavy atom. The fraction of sp³-hybridized carbons (Fsp3) is 0.562. The number of nitrogens with zero attached hydrogens (tertiary/aromatic N) is 1. The zero-order valence-corrected chi connectivity index (χ0v) is 13.0. The topological polar surface area (TPSA) is 35.8 Å². The molecule has 0 aliphatic carbocycles. The quantitative estimate of drug-likeness (QED) is 0.570. The second kappa shape index (κ2) is 8.24. The fourth-order valence-corrected chi connectivity index (χ4v) is 2.59. The average molecular weight is 276 g/mol. The molecule has 0 heterocycles. The highest BCUT2D eigenvalue weighted by Crippen LogP contribution is 2.25. The Kier molecular flexibility index (Phi) is 6.97. The molecular weight excluding hydrogens is 252 g/mol. The summed E-state index contributed by atoms with van der Waals surface area (Å²) < 4.78 is 0. The van der Waals surface area contributed by atoms with E-state index in [4.69, 9.17) is 5.26 Å². The molecule has 0 saturated heterocycles. The summed E-state index contributed by atoms with van der Waals surface area (Å²) in [7, 11) is 0. The number of rotatable bonds is 8. The van der Waals surface area contributed by atoms with Gasteiger partial charge in [-0.25, -0.2) is 0 Å². The molecule has 0 bridgehead atoms. The second-order valence-corrected chi connectivity index (χ2v) is 6.54. The van der Waals surface area contributed by atoms with E-state index < -0.39 is 0 Å². The molecule has 0 spiro atoms. The molecule has 0 atom stereocenters. The van der Waals surface area contributed by atoms with Crippen molar-refractivity contribution in [2.45, 2.75) is 45.1 Å². The molecule has 1 aromatic carbocycles. The molecule has 104 valence electrons. The maximum atomic E-state index is 8.95. The van der Waals surface area contributed by atoms with Gasteiger partial charge in [-0.05, 0) is 56.7 Å². The van der Waals surface area contributed by atoms with Crippen molar-refractivity contribution in [2.24, 2.45) is 5.41 Å². The zero-order chi connectivity index (χ0) is 14.1. The van der Waals surface area contributed by atoms with Gasteiger partial charge in [0, 0.05) is 11.4 Å². The number of hydrogen-bond acceptors (Lipinski definition) is 3. The van der Waals surface area contributed by atoms with Crippen LogP contribution in [0.4, 0.5) is 0 Å². The lowest BCUT2D eigenvalue weighted by Gasteiger charge is -2.14. The summed E-state index contributed by atoms with van der Waals surface area (Å²) in [5, 5.41) is 12.3. The molecule has 0 radical (unpaired) electrons. The number of nitriles is 1. The molecule has 19 heavy (non-hydrogen) atoms. The van der Waals surface area contributed by atoms with Crippen molar-refractivity contribution >= 4 is 11.8 Å². The van der Waals surface area contributed by atoms with Gasteiger partial charge in [0.2, 0.25) is 0 Å². The second-order valence-electron chi connectivity index (χ2n) is 5.37. The third-order valence-electron chi connectivity index (χ3n) is 3.02. The highest BCUT2D eigenvalue weighted by Gasteiger charge is 2.15. The summed E-state index contributed by atoms with van der Waals surface area (Å²) in [5.41, 5.74) is 1.15. The van der Waals surface area contributed by atoms with Crippen LogP contribution in [0.15, 0.2) is 29.2 Å². The highest BCUT2D eigenvalue weighted by atomic mass is 32.2. The maximum absolute atomic E-state index is 8.95. The Morgan fingerprint density at radius 2 is 1.95 bits per heavy atom. The minimum Gasteiger partial charge on any atom is -0.313 e. The van der Waals surface area contributed by atoms with Crippen LogP contribution < -0.4 is 5.32 Å². The fourth-order valence-electron chi connectivity index (χ4n) is 1.73. The Hall–Kier alpha value is -0.980. The van der Waals surface area contributed by atoms with Crippen LogP contribution in [0.1, 0.15) is 39.2 Å². The van der Waals surface area contributed by atoms with Gasteiger partial charge in [0.15, 0.2) is 0 Å². The van der Waals surface area contributed by atoms with Crippen LogP contribution in [0, 0.1) is 16.7 Å². The van der Waals surface area contributed by atoms with E-state index in [0.717, 1.165) is 31.7 Å². The first-order valence-electron chi connectivity index (χ1n) is 6.91. The van der Waals surface area contributed by atoms with Crippen molar-refractivity contribution in [1.29, 1.82) is 5.26 Å². The van der Waals surface area contributed by atoms with E-state index in [1.807, 2.05) is 25.6 Å². The molecule has 0 aromatic heterocycles. The molecule has 0 unspecified atom stereocenters. The van der Waals surface area contributed by atoms with Crippen LogP contribution in [0.3, 0.4) is 0 Å². The van der Waals surface area contributed by atoms with Gasteiger partial charge in [-0.15, -0.1) is 11.8 Å². The van der Waals surface area contributed by atoms with E-state index in [0.29, 0.717) is 0 Å².